The molecule has 1 heterocycles. The minimum Gasteiger partial charge on any atom is -0.305 e. The van der Waals surface area contributed by atoms with Crippen molar-refractivity contribution < 1.29 is 13.2 Å². The summed E-state index contributed by atoms with van der Waals surface area (Å²) in [6.07, 6.45) is -3.36. The molecule has 0 amide bonds. The quantitative estimate of drug-likeness (QED) is 0.875. The molecule has 0 aliphatic heterocycles. The predicted molar refractivity (Wildman–Crippen MR) is 78.4 cm³/mol. The lowest BCUT2D eigenvalue weighted by Gasteiger charge is -2.18. The molecular formula is C15H17F3N2S. The summed E-state index contributed by atoms with van der Waals surface area (Å²) in [7, 11) is 0. The van der Waals surface area contributed by atoms with Gasteiger partial charge in [0.1, 0.15) is 0 Å². The number of hydrogen-bond donors (Lipinski definition) is 1. The monoisotopic (exact) mass is 314 g/mol. The number of thiazole rings is 1. The van der Waals surface area contributed by atoms with Crippen molar-refractivity contribution in [2.45, 2.75) is 32.5 Å². The van der Waals surface area contributed by atoms with E-state index in [4.69, 9.17) is 0 Å². The summed E-state index contributed by atoms with van der Waals surface area (Å²) in [5, 5.41) is 6.23. The predicted octanol–water partition coefficient (Wildman–Crippen LogP) is 4.56. The van der Waals surface area contributed by atoms with Crippen LogP contribution >= 0.6 is 11.3 Å². The Morgan fingerprint density at radius 3 is 2.38 bits per heavy atom. The molecule has 2 nitrogen and oxygen atoms in total. The van der Waals surface area contributed by atoms with E-state index in [9.17, 15) is 13.2 Å². The first-order chi connectivity index (χ1) is 9.91. The molecule has 0 bridgehead atoms. The lowest BCUT2D eigenvalue weighted by molar-refractivity contribution is -0.137. The average Bonchev–Trinajstić information content (AvgIpc) is 2.85. The van der Waals surface area contributed by atoms with Gasteiger partial charge in [0.15, 0.2) is 0 Å². The number of aromatic nitrogens is 1. The summed E-state index contributed by atoms with van der Waals surface area (Å²) in [4.78, 5) is 4.45. The molecule has 6 heteroatoms. The molecule has 0 aliphatic rings. The fourth-order valence-electron chi connectivity index (χ4n) is 2.06. The Balaban J connectivity index is 2.28. The van der Waals surface area contributed by atoms with Crippen LogP contribution in [0.15, 0.2) is 29.6 Å². The van der Waals surface area contributed by atoms with Gasteiger partial charge in [0, 0.05) is 5.38 Å². The molecule has 1 N–H and O–H groups in total. The van der Waals surface area contributed by atoms with Crippen molar-refractivity contribution in [1.82, 2.24) is 10.3 Å². The van der Waals surface area contributed by atoms with Crippen molar-refractivity contribution >= 4 is 11.3 Å². The van der Waals surface area contributed by atoms with E-state index in [0.717, 1.165) is 41.4 Å². The minimum atomic E-state index is -4.30. The molecule has 1 atom stereocenters. The Bertz CT molecular complexity index is 575. The molecule has 114 valence electrons. The second-order valence-electron chi connectivity index (χ2n) is 4.80. The maximum absolute atomic E-state index is 12.6. The standard InChI is InChI=1S/C15H17F3N2S/c1-3-8-19-14(13-9-21-10(2)20-13)11-4-6-12(7-5-11)15(16,17)18/h4-7,9,14,19H,3,8H2,1-2H3. The van der Waals surface area contributed by atoms with Gasteiger partial charge in [-0.25, -0.2) is 4.98 Å². The highest BCUT2D eigenvalue weighted by molar-refractivity contribution is 7.09. The van der Waals surface area contributed by atoms with Crippen LogP contribution in [-0.2, 0) is 6.18 Å². The van der Waals surface area contributed by atoms with Gasteiger partial charge >= 0.3 is 6.18 Å². The van der Waals surface area contributed by atoms with Crippen LogP contribution in [0, 0.1) is 6.92 Å². The van der Waals surface area contributed by atoms with Gasteiger partial charge in [0.05, 0.1) is 22.3 Å². The summed E-state index contributed by atoms with van der Waals surface area (Å²) >= 11 is 1.54. The number of rotatable bonds is 5. The normalized spacial score (nSPS) is 13.4. The highest BCUT2D eigenvalue weighted by Gasteiger charge is 2.30. The van der Waals surface area contributed by atoms with E-state index in [1.807, 2.05) is 19.2 Å². The summed E-state index contributed by atoms with van der Waals surface area (Å²) in [5.74, 6) is 0. The number of aryl methyl sites for hydroxylation is 1. The molecule has 0 spiro atoms. The maximum Gasteiger partial charge on any atom is 0.416 e. The molecule has 0 aliphatic carbocycles. The molecule has 0 saturated carbocycles. The van der Waals surface area contributed by atoms with E-state index >= 15 is 0 Å². The zero-order valence-electron chi connectivity index (χ0n) is 11.9. The van der Waals surface area contributed by atoms with E-state index in [1.54, 1.807) is 0 Å². The number of benzene rings is 1. The second kappa shape index (κ2) is 6.58. The van der Waals surface area contributed by atoms with Crippen molar-refractivity contribution in [3.63, 3.8) is 0 Å². The van der Waals surface area contributed by atoms with Crippen LogP contribution in [0.4, 0.5) is 13.2 Å². The summed E-state index contributed by atoms with van der Waals surface area (Å²) in [5.41, 5.74) is 1.02. The third-order valence-corrected chi connectivity index (χ3v) is 3.89. The molecule has 1 aromatic heterocycles. The largest absolute Gasteiger partial charge is 0.416 e. The molecule has 2 rings (SSSR count). The van der Waals surface area contributed by atoms with Gasteiger partial charge in [-0.2, -0.15) is 13.2 Å². The van der Waals surface area contributed by atoms with Crippen molar-refractivity contribution in [3.8, 4) is 0 Å². The van der Waals surface area contributed by atoms with Gasteiger partial charge < -0.3 is 5.32 Å². The van der Waals surface area contributed by atoms with Crippen LogP contribution in [0.3, 0.4) is 0 Å². The highest BCUT2D eigenvalue weighted by atomic mass is 32.1. The van der Waals surface area contributed by atoms with E-state index in [2.05, 4.69) is 10.3 Å². The molecule has 1 aromatic carbocycles. The summed E-state index contributed by atoms with van der Waals surface area (Å²) in [6, 6.07) is 5.11. The molecule has 0 saturated heterocycles. The van der Waals surface area contributed by atoms with Crippen LogP contribution < -0.4 is 5.32 Å². The van der Waals surface area contributed by atoms with Crippen molar-refractivity contribution in [3.05, 3.63) is 51.5 Å². The van der Waals surface area contributed by atoms with E-state index in [1.165, 1.54) is 23.5 Å². The average molecular weight is 314 g/mol. The van der Waals surface area contributed by atoms with Gasteiger partial charge in [0.25, 0.3) is 0 Å². The van der Waals surface area contributed by atoms with Crippen LogP contribution in [0.25, 0.3) is 0 Å². The number of alkyl halides is 3. The lowest BCUT2D eigenvalue weighted by atomic mass is 10.0. The van der Waals surface area contributed by atoms with Gasteiger partial charge in [-0.15, -0.1) is 11.3 Å². The zero-order valence-corrected chi connectivity index (χ0v) is 12.7. The highest BCUT2D eigenvalue weighted by Crippen LogP contribution is 2.31. The zero-order chi connectivity index (χ0) is 15.5. The Hall–Kier alpha value is -1.40. The van der Waals surface area contributed by atoms with Crippen LogP contribution in [-0.4, -0.2) is 11.5 Å². The summed E-state index contributed by atoms with van der Waals surface area (Å²) in [6.45, 7) is 4.74. The minimum absolute atomic E-state index is 0.169. The molecule has 0 radical (unpaired) electrons. The molecule has 2 aromatic rings. The maximum atomic E-state index is 12.6. The Kier molecular flexibility index (Phi) is 5.00. The van der Waals surface area contributed by atoms with Gasteiger partial charge in [-0.05, 0) is 37.6 Å². The van der Waals surface area contributed by atoms with Crippen LogP contribution in [0.1, 0.15) is 41.2 Å². The third kappa shape index (κ3) is 4.04. The molecule has 21 heavy (non-hydrogen) atoms. The Morgan fingerprint density at radius 1 is 1.24 bits per heavy atom. The van der Waals surface area contributed by atoms with Gasteiger partial charge in [0.2, 0.25) is 0 Å². The first-order valence-electron chi connectivity index (χ1n) is 6.74. The molecule has 1 unspecified atom stereocenters. The second-order valence-corrected chi connectivity index (χ2v) is 5.86. The lowest BCUT2D eigenvalue weighted by Crippen LogP contribution is -2.23. The number of halogens is 3. The SMILES string of the molecule is CCCNC(c1ccc(C(F)(F)F)cc1)c1csc(C)n1. The van der Waals surface area contributed by atoms with Crippen molar-refractivity contribution in [1.29, 1.82) is 0 Å². The van der Waals surface area contributed by atoms with Crippen LogP contribution in [0.2, 0.25) is 0 Å². The Morgan fingerprint density at radius 2 is 1.90 bits per heavy atom. The van der Waals surface area contributed by atoms with Gasteiger partial charge in [-0.1, -0.05) is 19.1 Å². The number of nitrogens with one attached hydrogen (secondary N) is 1. The fraction of sp³-hybridized carbons (Fsp3) is 0.400. The van der Waals surface area contributed by atoms with Crippen LogP contribution in [0.5, 0.6) is 0 Å². The Labute approximate surface area is 126 Å². The molecule has 0 fully saturated rings. The van der Waals surface area contributed by atoms with Crippen molar-refractivity contribution in [2.24, 2.45) is 0 Å². The summed E-state index contributed by atoms with van der Waals surface area (Å²) < 4.78 is 37.9. The van der Waals surface area contributed by atoms with E-state index in [0.29, 0.717) is 0 Å². The van der Waals surface area contributed by atoms with E-state index in [-0.39, 0.29) is 6.04 Å². The number of hydrogen-bond acceptors (Lipinski definition) is 3. The first-order valence-corrected chi connectivity index (χ1v) is 7.62. The van der Waals surface area contributed by atoms with E-state index < -0.39 is 11.7 Å². The van der Waals surface area contributed by atoms with Gasteiger partial charge in [-0.3, -0.25) is 0 Å². The smallest absolute Gasteiger partial charge is 0.305 e. The number of nitrogens with zero attached hydrogens (tertiary/aromatic N) is 1. The molecular weight excluding hydrogens is 297 g/mol. The van der Waals surface area contributed by atoms with Crippen molar-refractivity contribution in [2.75, 3.05) is 6.54 Å². The third-order valence-electron chi connectivity index (χ3n) is 3.10. The fourth-order valence-corrected chi connectivity index (χ4v) is 2.70. The first kappa shape index (κ1) is 16.0. The topological polar surface area (TPSA) is 24.9 Å².